The third-order valence-corrected chi connectivity index (χ3v) is 8.40. The molecule has 33 heavy (non-hydrogen) atoms. The number of benzene rings is 1. The van der Waals surface area contributed by atoms with E-state index >= 15 is 0 Å². The van der Waals surface area contributed by atoms with Gasteiger partial charge in [0.2, 0.25) is 5.91 Å². The fourth-order valence-electron chi connectivity index (χ4n) is 4.28. The molecule has 2 heterocycles. The molecule has 0 bridgehead atoms. The lowest BCUT2D eigenvalue weighted by atomic mass is 9.97. The first-order valence-corrected chi connectivity index (χ1v) is 13.3. The lowest BCUT2D eigenvalue weighted by molar-refractivity contribution is -0.113. The summed E-state index contributed by atoms with van der Waals surface area (Å²) >= 11 is 3.01. The molecule has 4 rings (SSSR count). The third kappa shape index (κ3) is 5.34. The average molecular weight is 485 g/mol. The summed E-state index contributed by atoms with van der Waals surface area (Å²) in [6.45, 7) is 5.54. The normalized spacial score (nSPS) is 13.5. The Labute approximate surface area is 203 Å². The molecule has 1 N–H and O–H groups in total. The fraction of sp³-hybridized carbons (Fsp3) is 0.480. The number of aryl methyl sites for hydroxylation is 3. The Kier molecular flexibility index (Phi) is 7.56. The second kappa shape index (κ2) is 10.4. The molecule has 1 aliphatic carbocycles. The van der Waals surface area contributed by atoms with Crippen molar-refractivity contribution in [2.75, 3.05) is 31.7 Å². The summed E-state index contributed by atoms with van der Waals surface area (Å²) in [6.07, 6.45) is 5.17. The number of thiophene rings is 1. The maximum absolute atomic E-state index is 13.6. The Bertz CT molecular complexity index is 1230. The number of nitrogens with one attached hydrogen (secondary N) is 1. The number of thioether (sulfide) groups is 1. The second-order valence-electron chi connectivity index (χ2n) is 8.98. The van der Waals surface area contributed by atoms with E-state index < -0.39 is 0 Å². The SMILES string of the molecule is Cc1cccc(NC(=O)CSc2nc3sc4c(c3c(=O)n2CCCN(C)C)CCCC4)c1C. The van der Waals surface area contributed by atoms with Gasteiger partial charge in [0.15, 0.2) is 5.16 Å². The molecule has 0 aliphatic heterocycles. The summed E-state index contributed by atoms with van der Waals surface area (Å²) < 4.78 is 1.79. The van der Waals surface area contributed by atoms with Crippen LogP contribution < -0.4 is 10.9 Å². The van der Waals surface area contributed by atoms with Crippen molar-refractivity contribution < 1.29 is 4.79 Å². The molecule has 2 aromatic heterocycles. The molecule has 1 amide bonds. The van der Waals surface area contributed by atoms with Gasteiger partial charge in [-0.25, -0.2) is 4.98 Å². The van der Waals surface area contributed by atoms with Gasteiger partial charge in [-0.3, -0.25) is 14.2 Å². The first kappa shape index (κ1) is 24.0. The van der Waals surface area contributed by atoms with Crippen molar-refractivity contribution in [2.24, 2.45) is 0 Å². The highest BCUT2D eigenvalue weighted by atomic mass is 32.2. The average Bonchev–Trinajstić information content (AvgIpc) is 3.15. The van der Waals surface area contributed by atoms with Gasteiger partial charge >= 0.3 is 0 Å². The summed E-state index contributed by atoms with van der Waals surface area (Å²) in [5.74, 6) is 0.123. The van der Waals surface area contributed by atoms with Gasteiger partial charge in [-0.1, -0.05) is 23.9 Å². The minimum Gasteiger partial charge on any atom is -0.325 e. The van der Waals surface area contributed by atoms with Crippen molar-refractivity contribution in [1.29, 1.82) is 0 Å². The largest absolute Gasteiger partial charge is 0.325 e. The Morgan fingerprint density at radius 3 is 2.82 bits per heavy atom. The number of anilines is 1. The van der Waals surface area contributed by atoms with Crippen LogP contribution in [0.4, 0.5) is 5.69 Å². The van der Waals surface area contributed by atoms with Gasteiger partial charge in [-0.2, -0.15) is 0 Å². The molecule has 176 valence electrons. The van der Waals surface area contributed by atoms with Crippen LogP contribution in [0.1, 0.15) is 40.8 Å². The molecule has 0 saturated heterocycles. The molecule has 8 heteroatoms. The lowest BCUT2D eigenvalue weighted by Gasteiger charge is -2.15. The number of carbonyl (C=O) groups excluding carboxylic acids is 1. The molecule has 1 aliphatic rings. The van der Waals surface area contributed by atoms with E-state index in [-0.39, 0.29) is 17.2 Å². The minimum absolute atomic E-state index is 0.0515. The van der Waals surface area contributed by atoms with Crippen molar-refractivity contribution in [2.45, 2.75) is 57.7 Å². The van der Waals surface area contributed by atoms with Crippen molar-refractivity contribution in [3.8, 4) is 0 Å². The quantitative estimate of drug-likeness (QED) is 0.373. The number of carbonyl (C=O) groups is 1. The van der Waals surface area contributed by atoms with Crippen LogP contribution in [-0.2, 0) is 24.2 Å². The number of hydrogen-bond acceptors (Lipinski definition) is 6. The Morgan fingerprint density at radius 2 is 2.03 bits per heavy atom. The van der Waals surface area contributed by atoms with Gasteiger partial charge in [-0.05, 0) is 89.3 Å². The highest BCUT2D eigenvalue weighted by molar-refractivity contribution is 7.99. The molecule has 0 atom stereocenters. The van der Waals surface area contributed by atoms with E-state index in [1.807, 2.05) is 46.1 Å². The molecule has 0 radical (unpaired) electrons. The zero-order chi connectivity index (χ0) is 23.5. The van der Waals surface area contributed by atoms with Gasteiger partial charge < -0.3 is 10.2 Å². The van der Waals surface area contributed by atoms with E-state index in [2.05, 4.69) is 10.2 Å². The number of aromatic nitrogens is 2. The smallest absolute Gasteiger partial charge is 0.263 e. The number of rotatable bonds is 8. The van der Waals surface area contributed by atoms with Crippen LogP contribution in [0.3, 0.4) is 0 Å². The first-order valence-electron chi connectivity index (χ1n) is 11.5. The van der Waals surface area contributed by atoms with Crippen LogP contribution in [0, 0.1) is 13.8 Å². The Morgan fingerprint density at radius 1 is 1.24 bits per heavy atom. The summed E-state index contributed by atoms with van der Waals surface area (Å²) in [5, 5.41) is 4.46. The van der Waals surface area contributed by atoms with E-state index in [1.165, 1.54) is 28.6 Å². The zero-order valence-corrected chi connectivity index (χ0v) is 21.5. The van der Waals surface area contributed by atoms with Crippen LogP contribution >= 0.6 is 23.1 Å². The monoisotopic (exact) mass is 484 g/mol. The van der Waals surface area contributed by atoms with Crippen LogP contribution in [0.5, 0.6) is 0 Å². The standard InChI is InChI=1S/C25H32N4O2S2/c1-16-9-7-11-19(17(16)2)26-21(30)15-32-25-27-23-22(18-10-5-6-12-20(18)33-23)24(31)29(25)14-8-13-28(3)4/h7,9,11H,5-6,8,10,12-15H2,1-4H3,(H,26,30). The molecule has 0 unspecified atom stereocenters. The van der Waals surface area contributed by atoms with E-state index in [0.29, 0.717) is 11.7 Å². The number of hydrogen-bond donors (Lipinski definition) is 1. The van der Waals surface area contributed by atoms with Gasteiger partial charge in [0.1, 0.15) is 4.83 Å². The third-order valence-electron chi connectivity index (χ3n) is 6.24. The molecule has 6 nitrogen and oxygen atoms in total. The van der Waals surface area contributed by atoms with Crippen molar-refractivity contribution >= 4 is 44.9 Å². The van der Waals surface area contributed by atoms with E-state index in [4.69, 9.17) is 4.98 Å². The summed E-state index contributed by atoms with van der Waals surface area (Å²) in [5.41, 5.74) is 4.31. The molecule has 0 saturated carbocycles. The lowest BCUT2D eigenvalue weighted by Crippen LogP contribution is -2.26. The number of fused-ring (bicyclic) bond motifs is 3. The molecule has 3 aromatic rings. The van der Waals surface area contributed by atoms with Gasteiger partial charge in [0, 0.05) is 17.1 Å². The second-order valence-corrected chi connectivity index (χ2v) is 11.0. The molecular weight excluding hydrogens is 452 g/mol. The molecule has 0 spiro atoms. The Hall–Kier alpha value is -2.16. The number of amides is 1. The summed E-state index contributed by atoms with van der Waals surface area (Å²) in [4.78, 5) is 35.5. The zero-order valence-electron chi connectivity index (χ0n) is 19.9. The maximum atomic E-state index is 13.6. The van der Waals surface area contributed by atoms with Crippen LogP contribution in [0.15, 0.2) is 28.2 Å². The topological polar surface area (TPSA) is 67.2 Å². The highest BCUT2D eigenvalue weighted by Gasteiger charge is 2.22. The first-order chi connectivity index (χ1) is 15.8. The summed E-state index contributed by atoms with van der Waals surface area (Å²) in [6, 6.07) is 5.90. The fourth-order valence-corrected chi connectivity index (χ4v) is 6.40. The summed E-state index contributed by atoms with van der Waals surface area (Å²) in [7, 11) is 4.07. The minimum atomic E-state index is -0.0895. The highest BCUT2D eigenvalue weighted by Crippen LogP contribution is 2.34. The Balaban J connectivity index is 1.60. The van der Waals surface area contributed by atoms with E-state index in [1.54, 1.807) is 15.9 Å². The maximum Gasteiger partial charge on any atom is 0.263 e. The van der Waals surface area contributed by atoms with Gasteiger partial charge in [0.05, 0.1) is 11.1 Å². The molecule has 0 fully saturated rings. The van der Waals surface area contributed by atoms with Gasteiger partial charge in [-0.15, -0.1) is 11.3 Å². The molecular formula is C25H32N4O2S2. The predicted octanol–water partition coefficient (Wildman–Crippen LogP) is 4.64. The predicted molar refractivity (Wildman–Crippen MR) is 139 cm³/mol. The van der Waals surface area contributed by atoms with Crippen molar-refractivity contribution in [3.05, 3.63) is 50.1 Å². The van der Waals surface area contributed by atoms with Crippen LogP contribution in [0.2, 0.25) is 0 Å². The van der Waals surface area contributed by atoms with Crippen LogP contribution in [-0.4, -0.2) is 46.8 Å². The molecule has 1 aromatic carbocycles. The van der Waals surface area contributed by atoms with E-state index in [0.717, 1.165) is 59.3 Å². The van der Waals surface area contributed by atoms with Crippen molar-refractivity contribution in [1.82, 2.24) is 14.5 Å². The van der Waals surface area contributed by atoms with Crippen molar-refractivity contribution in [3.63, 3.8) is 0 Å². The number of nitrogens with zero attached hydrogens (tertiary/aromatic N) is 3. The van der Waals surface area contributed by atoms with E-state index in [9.17, 15) is 9.59 Å². The van der Waals surface area contributed by atoms with Crippen LogP contribution in [0.25, 0.3) is 10.2 Å². The van der Waals surface area contributed by atoms with Gasteiger partial charge in [0.25, 0.3) is 5.56 Å².